The van der Waals surface area contributed by atoms with Crippen molar-refractivity contribution < 1.29 is 32.2 Å². The summed E-state index contributed by atoms with van der Waals surface area (Å²) in [6.07, 6.45) is 4.73. The standard InChI is InChI=1S/C27H28F4N4O3/c1-15(2)24(33-26(37)27(3,30)31)25(16-9-18(28)12-19(29)10-16)38-21-6-7-22-17(11-21)13-32-35(22)20-5-8-23(36)34(4)14-20/h5-15,23-25,36H,1-4H3,(H,33,37)/t23?,24-,25+/m0/s1. The highest BCUT2D eigenvalue weighted by Gasteiger charge is 2.38. The molecular formula is C27H28F4N4O3. The molecule has 11 heteroatoms. The first-order valence-corrected chi connectivity index (χ1v) is 11.9. The monoisotopic (exact) mass is 532 g/mol. The summed E-state index contributed by atoms with van der Waals surface area (Å²) in [5, 5.41) is 17.2. The number of carbonyl (C=O) groups excluding carboxylic acids is 1. The fourth-order valence-corrected chi connectivity index (χ4v) is 4.17. The van der Waals surface area contributed by atoms with Crippen molar-refractivity contribution in [3.63, 3.8) is 0 Å². The van der Waals surface area contributed by atoms with Crippen LogP contribution in [0, 0.1) is 17.6 Å². The van der Waals surface area contributed by atoms with E-state index in [1.165, 1.54) is 0 Å². The number of allylic oxidation sites excluding steroid dienone is 2. The number of ether oxygens (including phenoxy) is 1. The smallest absolute Gasteiger partial charge is 0.321 e. The molecule has 3 aromatic rings. The molecule has 1 unspecified atom stereocenters. The largest absolute Gasteiger partial charge is 0.484 e. The van der Waals surface area contributed by atoms with Crippen LogP contribution >= 0.6 is 0 Å². The van der Waals surface area contributed by atoms with Crippen LogP contribution in [0.5, 0.6) is 5.75 Å². The van der Waals surface area contributed by atoms with Crippen molar-refractivity contribution >= 4 is 22.5 Å². The second-order valence-corrected chi connectivity index (χ2v) is 9.64. The molecule has 4 rings (SSSR count). The van der Waals surface area contributed by atoms with Gasteiger partial charge in [0.2, 0.25) is 0 Å². The van der Waals surface area contributed by atoms with Gasteiger partial charge in [0.05, 0.1) is 23.5 Å². The first-order valence-electron chi connectivity index (χ1n) is 11.9. The summed E-state index contributed by atoms with van der Waals surface area (Å²) in [4.78, 5) is 13.8. The Morgan fingerprint density at radius 3 is 2.45 bits per heavy atom. The average molecular weight is 533 g/mol. The normalized spacial score (nSPS) is 17.5. The molecule has 0 spiro atoms. The van der Waals surface area contributed by atoms with E-state index in [2.05, 4.69) is 10.4 Å². The maximum absolute atomic E-state index is 14.1. The lowest BCUT2D eigenvalue weighted by Crippen LogP contribution is -2.49. The molecule has 2 heterocycles. The van der Waals surface area contributed by atoms with Crippen LogP contribution in [0.3, 0.4) is 0 Å². The fraction of sp³-hybridized carbons (Fsp3) is 0.333. The molecule has 1 aliphatic heterocycles. The van der Waals surface area contributed by atoms with Crippen molar-refractivity contribution in [1.29, 1.82) is 0 Å². The van der Waals surface area contributed by atoms with E-state index in [0.29, 0.717) is 29.6 Å². The minimum absolute atomic E-state index is 0.0378. The number of aromatic nitrogens is 2. The molecule has 1 aliphatic rings. The van der Waals surface area contributed by atoms with E-state index in [0.717, 1.165) is 12.1 Å². The number of aliphatic hydroxyl groups excluding tert-OH is 1. The molecule has 0 bridgehead atoms. The number of carbonyl (C=O) groups is 1. The zero-order valence-electron chi connectivity index (χ0n) is 21.2. The van der Waals surface area contributed by atoms with Gasteiger partial charge in [-0.1, -0.05) is 13.8 Å². The molecule has 38 heavy (non-hydrogen) atoms. The summed E-state index contributed by atoms with van der Waals surface area (Å²) in [6.45, 7) is 3.83. The Labute approximate surface area is 217 Å². The molecule has 1 amide bonds. The number of aliphatic hydroxyl groups is 1. The number of rotatable bonds is 8. The van der Waals surface area contributed by atoms with E-state index < -0.39 is 47.8 Å². The second kappa shape index (κ2) is 10.5. The number of nitrogens with one attached hydrogen (secondary N) is 1. The van der Waals surface area contributed by atoms with Gasteiger partial charge in [-0.2, -0.15) is 13.9 Å². The minimum Gasteiger partial charge on any atom is -0.484 e. The van der Waals surface area contributed by atoms with Crippen molar-refractivity contribution in [2.24, 2.45) is 5.92 Å². The van der Waals surface area contributed by atoms with Crippen molar-refractivity contribution in [2.75, 3.05) is 7.05 Å². The highest BCUT2D eigenvalue weighted by Crippen LogP contribution is 2.32. The molecule has 0 aliphatic carbocycles. The summed E-state index contributed by atoms with van der Waals surface area (Å²) in [7, 11) is 1.72. The zero-order valence-corrected chi connectivity index (χ0v) is 21.2. The van der Waals surface area contributed by atoms with Gasteiger partial charge in [-0.25, -0.2) is 13.5 Å². The summed E-state index contributed by atoms with van der Waals surface area (Å²) < 4.78 is 63.5. The number of fused-ring (bicyclic) bond motifs is 1. The van der Waals surface area contributed by atoms with Crippen LogP contribution in [0.4, 0.5) is 17.6 Å². The van der Waals surface area contributed by atoms with E-state index in [-0.39, 0.29) is 11.3 Å². The first kappa shape index (κ1) is 27.2. The van der Waals surface area contributed by atoms with Crippen LogP contribution in [0.25, 0.3) is 16.6 Å². The molecule has 0 radical (unpaired) electrons. The lowest BCUT2D eigenvalue weighted by molar-refractivity contribution is -0.145. The van der Waals surface area contributed by atoms with Crippen LogP contribution in [0.1, 0.15) is 32.4 Å². The third-order valence-corrected chi connectivity index (χ3v) is 6.19. The fourth-order valence-electron chi connectivity index (χ4n) is 4.17. The van der Waals surface area contributed by atoms with E-state index in [1.807, 2.05) is 0 Å². The topological polar surface area (TPSA) is 79.6 Å². The predicted octanol–water partition coefficient (Wildman–Crippen LogP) is 4.85. The summed E-state index contributed by atoms with van der Waals surface area (Å²) in [5.41, 5.74) is 1.46. The van der Waals surface area contributed by atoms with Crippen LogP contribution in [-0.2, 0) is 4.79 Å². The van der Waals surface area contributed by atoms with Gasteiger partial charge >= 0.3 is 5.92 Å². The number of likely N-dealkylation sites (N-methyl/N-ethyl adjacent to an activating group) is 1. The second-order valence-electron chi connectivity index (χ2n) is 9.64. The molecule has 0 fully saturated rings. The Morgan fingerprint density at radius 2 is 1.84 bits per heavy atom. The van der Waals surface area contributed by atoms with Crippen LogP contribution in [-0.4, -0.2) is 50.9 Å². The summed E-state index contributed by atoms with van der Waals surface area (Å²) in [6, 6.07) is 6.72. The number of alkyl halides is 2. The molecule has 0 saturated carbocycles. The minimum atomic E-state index is -3.66. The highest BCUT2D eigenvalue weighted by atomic mass is 19.3. The molecule has 0 saturated heterocycles. The molecule has 2 aromatic carbocycles. The van der Waals surface area contributed by atoms with Gasteiger partial charge in [-0.3, -0.25) is 4.79 Å². The number of benzene rings is 2. The highest BCUT2D eigenvalue weighted by molar-refractivity contribution is 5.84. The molecular weight excluding hydrogens is 504 g/mol. The maximum Gasteiger partial charge on any atom is 0.321 e. The predicted molar refractivity (Wildman–Crippen MR) is 134 cm³/mol. The van der Waals surface area contributed by atoms with E-state index in [9.17, 15) is 27.5 Å². The van der Waals surface area contributed by atoms with Gasteiger partial charge in [-0.05, 0) is 48.4 Å². The number of nitrogens with zero attached hydrogens (tertiary/aromatic N) is 3. The molecule has 7 nitrogen and oxygen atoms in total. The van der Waals surface area contributed by atoms with Gasteiger partial charge in [0.25, 0.3) is 5.91 Å². The van der Waals surface area contributed by atoms with Crippen molar-refractivity contribution in [2.45, 2.75) is 45.1 Å². The van der Waals surface area contributed by atoms with Gasteiger partial charge < -0.3 is 20.1 Å². The van der Waals surface area contributed by atoms with Crippen LogP contribution < -0.4 is 10.1 Å². The quantitative estimate of drug-likeness (QED) is 0.406. The number of halogens is 4. The van der Waals surface area contributed by atoms with Gasteiger partial charge in [0, 0.05) is 37.2 Å². The third-order valence-electron chi connectivity index (χ3n) is 6.19. The van der Waals surface area contributed by atoms with Gasteiger partial charge in [0.15, 0.2) is 0 Å². The first-order chi connectivity index (χ1) is 17.8. The lowest BCUT2D eigenvalue weighted by atomic mass is 9.92. The summed E-state index contributed by atoms with van der Waals surface area (Å²) >= 11 is 0. The number of hydrogen-bond donors (Lipinski definition) is 2. The SMILES string of the molecule is CC(C)[C@H](NC(=O)C(C)(F)F)[C@H](Oc1ccc2c(cnn2C2=CN(C)C(O)C=C2)c1)c1cc(F)cc(F)c1. The van der Waals surface area contributed by atoms with Crippen molar-refractivity contribution in [3.8, 4) is 5.75 Å². The van der Waals surface area contributed by atoms with E-state index in [4.69, 9.17) is 4.74 Å². The van der Waals surface area contributed by atoms with Gasteiger partial charge in [0.1, 0.15) is 29.7 Å². The van der Waals surface area contributed by atoms with Crippen molar-refractivity contribution in [1.82, 2.24) is 20.0 Å². The average Bonchev–Trinajstić information content (AvgIpc) is 3.24. The van der Waals surface area contributed by atoms with Crippen LogP contribution in [0.2, 0.25) is 0 Å². The molecule has 202 valence electrons. The molecule has 2 N–H and O–H groups in total. The Hall–Kier alpha value is -3.86. The number of hydrogen-bond acceptors (Lipinski definition) is 5. The summed E-state index contributed by atoms with van der Waals surface area (Å²) in [5.74, 6) is -7.10. The van der Waals surface area contributed by atoms with Crippen molar-refractivity contribution in [3.05, 3.63) is 78.1 Å². The van der Waals surface area contributed by atoms with Gasteiger partial charge in [-0.15, -0.1) is 0 Å². The third kappa shape index (κ3) is 5.83. The molecule has 1 aromatic heterocycles. The Balaban J connectivity index is 1.71. The van der Waals surface area contributed by atoms with Crippen LogP contribution in [0.15, 0.2) is 60.9 Å². The van der Waals surface area contributed by atoms with E-state index >= 15 is 0 Å². The Kier molecular flexibility index (Phi) is 7.50. The Morgan fingerprint density at radius 1 is 1.16 bits per heavy atom. The lowest BCUT2D eigenvalue weighted by Gasteiger charge is -2.32. The maximum atomic E-state index is 14.1. The Bertz CT molecular complexity index is 1380. The zero-order chi connectivity index (χ0) is 27.8. The number of amides is 1. The molecule has 3 atom stereocenters. The van der Waals surface area contributed by atoms with E-state index in [1.54, 1.807) is 73.2 Å².